The molecule has 2 rings (SSSR count). The zero-order valence-corrected chi connectivity index (χ0v) is 13.6. The summed E-state index contributed by atoms with van der Waals surface area (Å²) < 4.78 is 10.6. The van der Waals surface area contributed by atoms with Crippen molar-refractivity contribution < 1.29 is 14.3 Å². The fourth-order valence-electron chi connectivity index (χ4n) is 2.49. The van der Waals surface area contributed by atoms with Crippen molar-refractivity contribution in [3.05, 3.63) is 23.3 Å². The second kappa shape index (κ2) is 8.10. The molecule has 21 heavy (non-hydrogen) atoms. The molecule has 0 fully saturated rings. The molecule has 1 N–H and O–H groups in total. The van der Waals surface area contributed by atoms with Crippen molar-refractivity contribution >= 4 is 18.3 Å². The molecule has 1 amide bonds. The molecule has 0 aliphatic carbocycles. The molecule has 0 unspecified atom stereocenters. The van der Waals surface area contributed by atoms with E-state index in [4.69, 9.17) is 9.47 Å². The molecular weight excluding hydrogens is 292 g/mol. The van der Waals surface area contributed by atoms with Crippen LogP contribution in [0.2, 0.25) is 0 Å². The first-order chi connectivity index (χ1) is 9.69. The number of nitrogens with one attached hydrogen (secondary N) is 1. The van der Waals surface area contributed by atoms with Crippen LogP contribution in [0, 0.1) is 0 Å². The van der Waals surface area contributed by atoms with E-state index in [1.54, 1.807) is 14.2 Å². The summed E-state index contributed by atoms with van der Waals surface area (Å²) >= 11 is 0. The van der Waals surface area contributed by atoms with Crippen LogP contribution < -0.4 is 14.8 Å². The van der Waals surface area contributed by atoms with Gasteiger partial charge in [-0.05, 0) is 36.7 Å². The summed E-state index contributed by atoms with van der Waals surface area (Å²) in [6, 6.07) is 4.00. The molecule has 0 atom stereocenters. The number of hydrogen-bond donors (Lipinski definition) is 1. The second-order valence-electron chi connectivity index (χ2n) is 4.89. The van der Waals surface area contributed by atoms with Gasteiger partial charge in [0.15, 0.2) is 11.5 Å². The highest BCUT2D eigenvalue weighted by Gasteiger charge is 2.22. The standard InChI is InChI=1S/C15H22N2O3.ClH/c1-16-6-4-15(18)17-7-5-11-8-13(19-2)14(20-3)9-12(11)10-17;/h8-9,16H,4-7,10H2,1-3H3;1H. The topological polar surface area (TPSA) is 50.8 Å². The number of carbonyl (C=O) groups excluding carboxylic acids is 1. The number of fused-ring (bicyclic) bond motifs is 1. The molecule has 118 valence electrons. The zero-order valence-electron chi connectivity index (χ0n) is 12.8. The van der Waals surface area contributed by atoms with Gasteiger partial charge < -0.3 is 19.7 Å². The molecule has 1 aromatic carbocycles. The maximum Gasteiger partial charge on any atom is 0.224 e. The molecule has 1 heterocycles. The first-order valence-electron chi connectivity index (χ1n) is 6.85. The second-order valence-corrected chi connectivity index (χ2v) is 4.89. The molecule has 1 aliphatic rings. The quantitative estimate of drug-likeness (QED) is 0.897. The molecule has 0 radical (unpaired) electrons. The van der Waals surface area contributed by atoms with Crippen molar-refractivity contribution in [2.45, 2.75) is 19.4 Å². The lowest BCUT2D eigenvalue weighted by molar-refractivity contribution is -0.132. The maximum atomic E-state index is 12.1. The first-order valence-corrected chi connectivity index (χ1v) is 6.85. The Morgan fingerprint density at radius 3 is 2.43 bits per heavy atom. The van der Waals surface area contributed by atoms with E-state index < -0.39 is 0 Å². The Kier molecular flexibility index (Phi) is 6.78. The monoisotopic (exact) mass is 314 g/mol. The van der Waals surface area contributed by atoms with Gasteiger partial charge in [-0.2, -0.15) is 0 Å². The fourth-order valence-corrected chi connectivity index (χ4v) is 2.49. The number of nitrogens with zero attached hydrogens (tertiary/aromatic N) is 1. The summed E-state index contributed by atoms with van der Waals surface area (Å²) in [6.07, 6.45) is 1.40. The van der Waals surface area contributed by atoms with Gasteiger partial charge in [0, 0.05) is 26.1 Å². The van der Waals surface area contributed by atoms with Gasteiger partial charge in [0.05, 0.1) is 14.2 Å². The highest BCUT2D eigenvalue weighted by atomic mass is 35.5. The van der Waals surface area contributed by atoms with Gasteiger partial charge in [-0.15, -0.1) is 12.4 Å². The Morgan fingerprint density at radius 2 is 1.86 bits per heavy atom. The van der Waals surface area contributed by atoms with E-state index in [2.05, 4.69) is 5.32 Å². The van der Waals surface area contributed by atoms with Crippen LogP contribution in [0.4, 0.5) is 0 Å². The fraction of sp³-hybridized carbons (Fsp3) is 0.533. The van der Waals surface area contributed by atoms with Crippen molar-refractivity contribution in [3.63, 3.8) is 0 Å². The molecule has 5 nitrogen and oxygen atoms in total. The predicted molar refractivity (Wildman–Crippen MR) is 84.5 cm³/mol. The van der Waals surface area contributed by atoms with Crippen LogP contribution >= 0.6 is 12.4 Å². The number of amides is 1. The van der Waals surface area contributed by atoms with Gasteiger partial charge in [0.25, 0.3) is 0 Å². The summed E-state index contributed by atoms with van der Waals surface area (Å²) in [5.41, 5.74) is 2.38. The molecule has 0 spiro atoms. The van der Waals surface area contributed by atoms with E-state index in [-0.39, 0.29) is 18.3 Å². The first kappa shape index (κ1) is 17.6. The molecule has 6 heteroatoms. The van der Waals surface area contributed by atoms with Crippen molar-refractivity contribution in [2.24, 2.45) is 0 Å². The number of methoxy groups -OCH3 is 2. The number of benzene rings is 1. The zero-order chi connectivity index (χ0) is 14.5. The highest BCUT2D eigenvalue weighted by Crippen LogP contribution is 2.33. The average molecular weight is 315 g/mol. The smallest absolute Gasteiger partial charge is 0.224 e. The van der Waals surface area contributed by atoms with E-state index >= 15 is 0 Å². The predicted octanol–water partition coefficient (Wildman–Crippen LogP) is 1.62. The van der Waals surface area contributed by atoms with Crippen LogP contribution in [0.5, 0.6) is 11.5 Å². The lowest BCUT2D eigenvalue weighted by atomic mass is 9.98. The van der Waals surface area contributed by atoms with Crippen LogP contribution in [0.15, 0.2) is 12.1 Å². The Labute approximate surface area is 132 Å². The summed E-state index contributed by atoms with van der Waals surface area (Å²) in [5, 5.41) is 3.01. The molecular formula is C15H23ClN2O3. The van der Waals surface area contributed by atoms with E-state index in [9.17, 15) is 4.79 Å². The van der Waals surface area contributed by atoms with Crippen molar-refractivity contribution in [3.8, 4) is 11.5 Å². The molecule has 0 bridgehead atoms. The molecule has 0 aromatic heterocycles. The van der Waals surface area contributed by atoms with Gasteiger partial charge in [-0.25, -0.2) is 0 Å². The Morgan fingerprint density at radius 1 is 1.24 bits per heavy atom. The lowest BCUT2D eigenvalue weighted by Gasteiger charge is -2.29. The third-order valence-corrected chi connectivity index (χ3v) is 3.66. The van der Waals surface area contributed by atoms with Gasteiger partial charge in [0.1, 0.15) is 0 Å². The number of ether oxygens (including phenoxy) is 2. The lowest BCUT2D eigenvalue weighted by Crippen LogP contribution is -2.37. The van der Waals surface area contributed by atoms with Gasteiger partial charge in [-0.1, -0.05) is 0 Å². The Bertz CT molecular complexity index is 494. The summed E-state index contributed by atoms with van der Waals surface area (Å²) in [7, 11) is 5.12. The highest BCUT2D eigenvalue weighted by molar-refractivity contribution is 5.85. The van der Waals surface area contributed by atoms with Crippen molar-refractivity contribution in [2.75, 3.05) is 34.4 Å². The Balaban J connectivity index is 0.00000220. The summed E-state index contributed by atoms with van der Waals surface area (Å²) in [6.45, 7) is 2.14. The SMILES string of the molecule is CNCCC(=O)N1CCc2cc(OC)c(OC)cc2C1.Cl. The van der Waals surface area contributed by atoms with Gasteiger partial charge in [-0.3, -0.25) is 4.79 Å². The third-order valence-electron chi connectivity index (χ3n) is 3.66. The normalized spacial score (nSPS) is 13.2. The number of rotatable bonds is 5. The van der Waals surface area contributed by atoms with E-state index in [1.165, 1.54) is 5.56 Å². The molecule has 1 aromatic rings. The minimum absolute atomic E-state index is 0. The van der Waals surface area contributed by atoms with E-state index in [1.807, 2.05) is 24.1 Å². The van der Waals surface area contributed by atoms with Crippen molar-refractivity contribution in [1.82, 2.24) is 10.2 Å². The molecule has 1 aliphatic heterocycles. The average Bonchev–Trinajstić information content (AvgIpc) is 2.50. The van der Waals surface area contributed by atoms with Crippen LogP contribution in [0.1, 0.15) is 17.5 Å². The van der Waals surface area contributed by atoms with Crippen LogP contribution in [0.25, 0.3) is 0 Å². The minimum atomic E-state index is 0. The largest absolute Gasteiger partial charge is 0.493 e. The minimum Gasteiger partial charge on any atom is -0.493 e. The van der Waals surface area contributed by atoms with E-state index in [0.717, 1.165) is 30.0 Å². The number of halogens is 1. The summed E-state index contributed by atoms with van der Waals surface area (Å²) in [4.78, 5) is 14.0. The molecule has 0 saturated heterocycles. The maximum absolute atomic E-state index is 12.1. The summed E-state index contributed by atoms with van der Waals surface area (Å²) in [5.74, 6) is 1.66. The van der Waals surface area contributed by atoms with Gasteiger partial charge in [0.2, 0.25) is 5.91 Å². The van der Waals surface area contributed by atoms with Crippen LogP contribution in [-0.4, -0.2) is 45.2 Å². The van der Waals surface area contributed by atoms with Crippen LogP contribution in [-0.2, 0) is 17.8 Å². The van der Waals surface area contributed by atoms with E-state index in [0.29, 0.717) is 19.5 Å². The number of hydrogen-bond acceptors (Lipinski definition) is 4. The van der Waals surface area contributed by atoms with Crippen LogP contribution in [0.3, 0.4) is 0 Å². The Hall–Kier alpha value is -1.46. The third kappa shape index (κ3) is 4.02. The molecule has 0 saturated carbocycles. The van der Waals surface area contributed by atoms with Crippen molar-refractivity contribution in [1.29, 1.82) is 0 Å². The number of carbonyl (C=O) groups is 1. The van der Waals surface area contributed by atoms with Gasteiger partial charge >= 0.3 is 0 Å².